The van der Waals surface area contributed by atoms with E-state index in [0.29, 0.717) is 47.2 Å². The molecule has 6 amide bonds. The molecule has 5 N–H and O–H groups in total. The summed E-state index contributed by atoms with van der Waals surface area (Å²) in [5.74, 6) is -4.21. The van der Waals surface area contributed by atoms with Crippen LogP contribution in [-0.2, 0) is 39.9 Å². The molecule has 360 valence electrons. The summed E-state index contributed by atoms with van der Waals surface area (Å²) >= 11 is 0. The van der Waals surface area contributed by atoms with Gasteiger partial charge in [0.25, 0.3) is 17.7 Å². The number of hydrogen-bond acceptors (Lipinski definition) is 14. The average molecular weight is 952 g/mol. The summed E-state index contributed by atoms with van der Waals surface area (Å²) in [5.41, 5.74) is 8.82. The number of carbonyl (C=O) groups is 7. The number of rotatable bonds is 14. The summed E-state index contributed by atoms with van der Waals surface area (Å²) in [4.78, 5) is 104. The summed E-state index contributed by atoms with van der Waals surface area (Å²) in [7, 11) is 0. The minimum atomic E-state index is -1.38. The molecule has 19 nitrogen and oxygen atoms in total. The third kappa shape index (κ3) is 10.8. The van der Waals surface area contributed by atoms with E-state index >= 15 is 0 Å². The van der Waals surface area contributed by atoms with Crippen LogP contribution in [0.2, 0.25) is 0 Å². The van der Waals surface area contributed by atoms with E-state index < -0.39 is 53.5 Å². The molecule has 6 heterocycles. The molecule has 0 aliphatic carbocycles. The van der Waals surface area contributed by atoms with Crippen molar-refractivity contribution in [2.45, 2.75) is 63.1 Å². The summed E-state index contributed by atoms with van der Waals surface area (Å²) < 4.78 is 21.1. The zero-order valence-electron chi connectivity index (χ0n) is 38.0. The van der Waals surface area contributed by atoms with E-state index in [-0.39, 0.29) is 48.4 Å². The number of amides is 6. The Labute approximate surface area is 401 Å². The zero-order valence-corrected chi connectivity index (χ0v) is 38.0. The van der Waals surface area contributed by atoms with Crippen LogP contribution in [0.5, 0.6) is 0 Å². The van der Waals surface area contributed by atoms with Crippen LogP contribution in [0.4, 0.5) is 21.6 Å². The van der Waals surface area contributed by atoms with Gasteiger partial charge >= 0.3 is 5.97 Å². The van der Waals surface area contributed by atoms with Gasteiger partial charge in [-0.3, -0.25) is 43.7 Å². The van der Waals surface area contributed by atoms with Gasteiger partial charge in [-0.25, -0.2) is 19.2 Å². The number of nitrogens with two attached hydrogens (primary N) is 1. The second-order valence-corrected chi connectivity index (χ2v) is 17.8. The van der Waals surface area contributed by atoms with Crippen LogP contribution in [0, 0.1) is 11.7 Å². The minimum absolute atomic E-state index is 0.00668. The maximum absolute atomic E-state index is 13.6. The van der Waals surface area contributed by atoms with Crippen LogP contribution in [0.3, 0.4) is 0 Å². The summed E-state index contributed by atoms with van der Waals surface area (Å²) in [5, 5.41) is 12.4. The van der Waals surface area contributed by atoms with Crippen LogP contribution in [-0.4, -0.2) is 115 Å². The molecule has 2 aromatic heterocycles. The molecular formula is C50H50FN11O8. The lowest BCUT2D eigenvalue weighted by Gasteiger charge is -2.37. The minimum Gasteiger partial charge on any atom is -0.442 e. The summed E-state index contributed by atoms with van der Waals surface area (Å²) in [6.45, 7) is 4.00. The predicted molar refractivity (Wildman–Crippen MR) is 251 cm³/mol. The molecule has 3 fully saturated rings. The van der Waals surface area contributed by atoms with Crippen LogP contribution >= 0.6 is 0 Å². The molecule has 3 aromatic carbocycles. The molecule has 5 aromatic rings. The second-order valence-electron chi connectivity index (χ2n) is 17.8. The van der Waals surface area contributed by atoms with Crippen LogP contribution in [0.1, 0.15) is 72.3 Å². The van der Waals surface area contributed by atoms with Crippen molar-refractivity contribution in [2.75, 3.05) is 49.1 Å². The van der Waals surface area contributed by atoms with Gasteiger partial charge < -0.3 is 30.9 Å². The van der Waals surface area contributed by atoms with Gasteiger partial charge in [-0.1, -0.05) is 42.5 Å². The Kier molecular flexibility index (Phi) is 13.8. The van der Waals surface area contributed by atoms with Gasteiger partial charge in [-0.05, 0) is 80.0 Å². The molecule has 1 unspecified atom stereocenters. The van der Waals surface area contributed by atoms with Gasteiger partial charge in [-0.15, -0.1) is 0 Å². The lowest BCUT2D eigenvalue weighted by atomic mass is 9.94. The second kappa shape index (κ2) is 20.6. The smallest absolute Gasteiger partial charge is 0.361 e. The summed E-state index contributed by atoms with van der Waals surface area (Å²) in [6, 6.07) is 19.8. The molecule has 20 heteroatoms. The first-order chi connectivity index (χ1) is 33.8. The van der Waals surface area contributed by atoms with Crippen LogP contribution < -0.4 is 21.7 Å². The number of halogens is 1. The number of ether oxygens (including phenoxy) is 1. The highest BCUT2D eigenvalue weighted by Gasteiger charge is 2.42. The number of hydrogen-bond donors (Lipinski definition) is 4. The maximum Gasteiger partial charge on any atom is 0.361 e. The number of nitrogens with one attached hydrogen (secondary N) is 3. The molecule has 0 spiro atoms. The molecule has 2 atom stereocenters. The molecule has 4 aliphatic heterocycles. The van der Waals surface area contributed by atoms with Crippen LogP contribution in [0.25, 0.3) is 11.3 Å². The van der Waals surface area contributed by atoms with Gasteiger partial charge in [-0.2, -0.15) is 5.10 Å². The Morgan fingerprint density at radius 1 is 0.871 bits per heavy atom. The number of carbonyl (C=O) groups excluding carboxylic acids is 7. The Bertz CT molecular complexity index is 2860. The third-order valence-corrected chi connectivity index (χ3v) is 13.0. The fourth-order valence-electron chi connectivity index (χ4n) is 9.26. The summed E-state index contributed by atoms with van der Waals surface area (Å²) in [6.07, 6.45) is 8.53. The standard InChI is InChI=1S/C50H50FN11O8/c51-34-9-11-35(12-10-34)56-48(67)45(32-6-2-1-3-7-32)70-50(69)44-46(52)53-27-39(57-44)33-26-54-61(29-33)37-17-19-59(20-18-37)28-30-15-21-60(22-16-30)42(64)24-31-5-4-8-36(23-31)55-38-25-43(65)62(49(38)68)40-13-14-41(63)58-47(40)66/h1-12,23,25-27,29-30,37,40,45,55H,13-22,24,28H2,(H2,52,53)(H,56,67)(H,58,63,66)/t40?,45-/m1/s1. The van der Waals surface area contributed by atoms with Crippen molar-refractivity contribution in [3.8, 4) is 11.3 Å². The number of anilines is 3. The maximum atomic E-state index is 13.6. The number of esters is 1. The van der Waals surface area contributed by atoms with Gasteiger partial charge in [0, 0.05) is 73.9 Å². The highest BCUT2D eigenvalue weighted by molar-refractivity contribution is 6.20. The number of likely N-dealkylation sites (tertiary alicyclic amines) is 2. The number of imide groups is 2. The fourth-order valence-corrected chi connectivity index (χ4v) is 9.26. The number of piperidine rings is 3. The lowest BCUT2D eigenvalue weighted by Crippen LogP contribution is -2.54. The third-order valence-electron chi connectivity index (χ3n) is 13.0. The van der Waals surface area contributed by atoms with Crippen molar-refractivity contribution in [3.05, 3.63) is 132 Å². The van der Waals surface area contributed by atoms with Crippen molar-refractivity contribution in [1.29, 1.82) is 0 Å². The van der Waals surface area contributed by atoms with Gasteiger partial charge in [0.2, 0.25) is 23.8 Å². The fraction of sp³-hybridized carbons (Fsp3) is 0.320. The molecule has 4 aliphatic rings. The Hall–Kier alpha value is -8.13. The van der Waals surface area contributed by atoms with E-state index in [1.54, 1.807) is 54.7 Å². The van der Waals surface area contributed by atoms with Crippen molar-refractivity contribution in [1.82, 2.24) is 39.8 Å². The van der Waals surface area contributed by atoms with Gasteiger partial charge in [0.1, 0.15) is 17.6 Å². The van der Waals surface area contributed by atoms with Crippen LogP contribution in [0.15, 0.2) is 109 Å². The lowest BCUT2D eigenvalue weighted by molar-refractivity contribution is -0.149. The van der Waals surface area contributed by atoms with Gasteiger partial charge in [0.15, 0.2) is 11.5 Å². The van der Waals surface area contributed by atoms with Crippen molar-refractivity contribution in [2.24, 2.45) is 5.92 Å². The normalized spacial score (nSPS) is 18.6. The molecule has 0 saturated carbocycles. The van der Waals surface area contributed by atoms with Crippen molar-refractivity contribution in [3.63, 3.8) is 0 Å². The largest absolute Gasteiger partial charge is 0.442 e. The van der Waals surface area contributed by atoms with Gasteiger partial charge in [0.05, 0.1) is 30.6 Å². The van der Waals surface area contributed by atoms with E-state index in [1.165, 1.54) is 30.5 Å². The number of nitrogen functional groups attached to an aromatic ring is 1. The first kappa shape index (κ1) is 47.0. The quantitative estimate of drug-likeness (QED) is 0.0902. The van der Waals surface area contributed by atoms with E-state index in [0.717, 1.165) is 61.9 Å². The molecule has 9 rings (SSSR count). The highest BCUT2D eigenvalue weighted by atomic mass is 19.1. The monoisotopic (exact) mass is 951 g/mol. The van der Waals surface area contributed by atoms with E-state index in [2.05, 4.69) is 35.9 Å². The van der Waals surface area contributed by atoms with E-state index in [4.69, 9.17) is 10.5 Å². The molecule has 3 saturated heterocycles. The first-order valence-electron chi connectivity index (χ1n) is 23.1. The molecular weight excluding hydrogens is 902 g/mol. The number of nitrogens with zero attached hydrogens (tertiary/aromatic N) is 7. The molecule has 70 heavy (non-hydrogen) atoms. The highest BCUT2D eigenvalue weighted by Crippen LogP contribution is 2.30. The first-order valence-corrected chi connectivity index (χ1v) is 23.1. The average Bonchev–Trinajstić information content (AvgIpc) is 3.96. The molecule has 0 bridgehead atoms. The molecule has 0 radical (unpaired) electrons. The number of benzene rings is 3. The van der Waals surface area contributed by atoms with Crippen molar-refractivity contribution >= 4 is 58.6 Å². The Morgan fingerprint density at radius 3 is 2.37 bits per heavy atom. The Balaban J connectivity index is 0.732. The van der Waals surface area contributed by atoms with Crippen molar-refractivity contribution < 1.29 is 42.7 Å². The van der Waals surface area contributed by atoms with E-state index in [9.17, 15) is 38.0 Å². The predicted octanol–water partition coefficient (Wildman–Crippen LogP) is 4.19. The SMILES string of the molecule is Nc1ncc(-c2cnn(C3CCN(CC4CCN(C(=O)Cc5cccc(NC6=CC(=O)N(C7CCC(=O)NC7=O)C6=O)c5)CC4)CC3)c2)nc1C(=O)O[C@@H](C(=O)Nc1ccc(F)cc1)c1ccccc1. The van der Waals surface area contributed by atoms with E-state index in [1.807, 2.05) is 21.8 Å². The Morgan fingerprint density at radius 2 is 1.63 bits per heavy atom. The zero-order chi connectivity index (χ0) is 48.9. The topological polar surface area (TPSA) is 244 Å². The number of aromatic nitrogens is 4.